The van der Waals surface area contributed by atoms with E-state index >= 15 is 0 Å². The molecule has 1 aliphatic carbocycles. The molecule has 1 aromatic carbocycles. The van der Waals surface area contributed by atoms with Gasteiger partial charge in [-0.05, 0) is 37.3 Å². The SMILES string of the molecule is CCNC(=O)c1nn(CC2CC2)c2c1CN(Cc1c[nH]c3ccccc13)CC2. The van der Waals surface area contributed by atoms with Gasteiger partial charge >= 0.3 is 0 Å². The van der Waals surface area contributed by atoms with Crippen molar-refractivity contribution >= 4 is 16.8 Å². The number of aromatic amines is 1. The van der Waals surface area contributed by atoms with Crippen molar-refractivity contribution in [1.82, 2.24) is 25.0 Å². The van der Waals surface area contributed by atoms with E-state index in [2.05, 4.69) is 50.3 Å². The fourth-order valence-electron chi connectivity index (χ4n) is 4.31. The van der Waals surface area contributed by atoms with Crippen LogP contribution in [0.25, 0.3) is 10.9 Å². The molecule has 6 heteroatoms. The zero-order chi connectivity index (χ0) is 19.1. The molecule has 0 atom stereocenters. The van der Waals surface area contributed by atoms with Gasteiger partial charge in [0, 0.05) is 67.5 Å². The molecular weight excluding hydrogens is 350 g/mol. The van der Waals surface area contributed by atoms with Gasteiger partial charge in [0.25, 0.3) is 5.91 Å². The van der Waals surface area contributed by atoms with Crippen molar-refractivity contribution in [3.05, 3.63) is 53.0 Å². The number of benzene rings is 1. The normalized spacial score (nSPS) is 17.0. The Morgan fingerprint density at radius 3 is 3.00 bits per heavy atom. The number of aromatic nitrogens is 3. The highest BCUT2D eigenvalue weighted by atomic mass is 16.1. The van der Waals surface area contributed by atoms with Crippen molar-refractivity contribution in [2.75, 3.05) is 13.1 Å². The van der Waals surface area contributed by atoms with Crippen molar-refractivity contribution in [3.63, 3.8) is 0 Å². The third-order valence-electron chi connectivity index (χ3n) is 5.96. The number of nitrogens with one attached hydrogen (secondary N) is 2. The monoisotopic (exact) mass is 377 g/mol. The second-order valence-electron chi connectivity index (χ2n) is 8.08. The van der Waals surface area contributed by atoms with Crippen LogP contribution in [0.3, 0.4) is 0 Å². The molecule has 0 bridgehead atoms. The number of H-pyrrole nitrogens is 1. The van der Waals surface area contributed by atoms with Crippen molar-refractivity contribution in [2.24, 2.45) is 5.92 Å². The number of hydrogen-bond acceptors (Lipinski definition) is 3. The molecule has 1 fully saturated rings. The van der Waals surface area contributed by atoms with E-state index in [1.165, 1.54) is 35.0 Å². The molecule has 0 spiro atoms. The van der Waals surface area contributed by atoms with Crippen LogP contribution in [0.5, 0.6) is 0 Å². The van der Waals surface area contributed by atoms with Crippen LogP contribution in [0.15, 0.2) is 30.5 Å². The first kappa shape index (κ1) is 17.5. The van der Waals surface area contributed by atoms with Gasteiger partial charge in [-0.15, -0.1) is 0 Å². The molecule has 1 amide bonds. The molecule has 2 aliphatic rings. The Kier molecular flexibility index (Phi) is 4.43. The minimum Gasteiger partial charge on any atom is -0.361 e. The summed E-state index contributed by atoms with van der Waals surface area (Å²) in [5, 5.41) is 8.96. The van der Waals surface area contributed by atoms with Crippen LogP contribution in [0, 0.1) is 5.92 Å². The third kappa shape index (κ3) is 3.22. The van der Waals surface area contributed by atoms with Crippen molar-refractivity contribution in [1.29, 1.82) is 0 Å². The summed E-state index contributed by atoms with van der Waals surface area (Å²) in [5.74, 6) is 0.706. The average Bonchev–Trinajstić information content (AvgIpc) is 3.33. The number of para-hydroxylation sites is 1. The molecule has 2 N–H and O–H groups in total. The molecule has 146 valence electrons. The Morgan fingerprint density at radius 1 is 1.32 bits per heavy atom. The van der Waals surface area contributed by atoms with Gasteiger partial charge in [-0.1, -0.05) is 18.2 Å². The van der Waals surface area contributed by atoms with Crippen LogP contribution in [-0.4, -0.2) is 38.7 Å². The quantitative estimate of drug-likeness (QED) is 0.694. The van der Waals surface area contributed by atoms with Crippen LogP contribution >= 0.6 is 0 Å². The van der Waals surface area contributed by atoms with Gasteiger partial charge in [0.05, 0.1) is 0 Å². The van der Waals surface area contributed by atoms with Crippen molar-refractivity contribution in [3.8, 4) is 0 Å². The lowest BCUT2D eigenvalue weighted by atomic mass is 10.0. The molecule has 0 unspecified atom stereocenters. The number of fused-ring (bicyclic) bond motifs is 2. The molecule has 0 radical (unpaired) electrons. The first-order chi connectivity index (χ1) is 13.7. The van der Waals surface area contributed by atoms with Gasteiger partial charge < -0.3 is 10.3 Å². The van der Waals surface area contributed by atoms with Crippen molar-refractivity contribution in [2.45, 2.75) is 45.8 Å². The summed E-state index contributed by atoms with van der Waals surface area (Å²) in [5.41, 5.74) is 5.50. The Hall–Kier alpha value is -2.60. The summed E-state index contributed by atoms with van der Waals surface area (Å²) in [6.45, 7) is 6.21. The van der Waals surface area contributed by atoms with Gasteiger partial charge in [-0.25, -0.2) is 0 Å². The number of nitrogens with zero attached hydrogens (tertiary/aromatic N) is 3. The van der Waals surface area contributed by atoms with Crippen LogP contribution in [0.2, 0.25) is 0 Å². The van der Waals surface area contributed by atoms with Crippen LogP contribution in [-0.2, 0) is 26.1 Å². The first-order valence-corrected chi connectivity index (χ1v) is 10.4. The van der Waals surface area contributed by atoms with Gasteiger partial charge in [-0.2, -0.15) is 5.10 Å². The molecule has 1 saturated carbocycles. The topological polar surface area (TPSA) is 66.0 Å². The second-order valence-corrected chi connectivity index (χ2v) is 8.08. The fraction of sp³-hybridized carbons (Fsp3) is 0.455. The Labute approximate surface area is 164 Å². The van der Waals surface area contributed by atoms with E-state index in [0.29, 0.717) is 12.2 Å². The number of hydrogen-bond donors (Lipinski definition) is 2. The zero-order valence-electron chi connectivity index (χ0n) is 16.4. The van der Waals surface area contributed by atoms with Crippen LogP contribution in [0.1, 0.15) is 47.1 Å². The van der Waals surface area contributed by atoms with Gasteiger partial charge in [0.1, 0.15) is 0 Å². The zero-order valence-corrected chi connectivity index (χ0v) is 16.4. The first-order valence-electron chi connectivity index (χ1n) is 10.4. The standard InChI is InChI=1S/C22H27N5O/c1-2-23-22(28)21-18-14-26(10-9-20(18)27(25-21)12-15-7-8-15)13-16-11-24-19-6-4-3-5-17(16)19/h3-6,11,15,24H,2,7-10,12-14H2,1H3,(H,23,28). The lowest BCUT2D eigenvalue weighted by Crippen LogP contribution is -2.32. The molecule has 5 rings (SSSR count). The molecular formula is C22H27N5O. The highest BCUT2D eigenvalue weighted by Gasteiger charge is 2.31. The van der Waals surface area contributed by atoms with Gasteiger partial charge in [0.2, 0.25) is 0 Å². The molecule has 3 aromatic rings. The Bertz CT molecular complexity index is 1010. The smallest absolute Gasteiger partial charge is 0.272 e. The molecule has 1 aliphatic heterocycles. The van der Waals surface area contributed by atoms with E-state index in [1.807, 2.05) is 6.92 Å². The number of carbonyl (C=O) groups is 1. The fourth-order valence-corrected chi connectivity index (χ4v) is 4.31. The lowest BCUT2D eigenvalue weighted by molar-refractivity contribution is 0.0947. The molecule has 6 nitrogen and oxygen atoms in total. The summed E-state index contributed by atoms with van der Waals surface area (Å²) in [4.78, 5) is 18.4. The van der Waals surface area contributed by atoms with Gasteiger partial charge in [0.15, 0.2) is 5.69 Å². The predicted octanol–water partition coefficient (Wildman–Crippen LogP) is 3.08. The van der Waals surface area contributed by atoms with Crippen molar-refractivity contribution < 1.29 is 4.79 Å². The third-order valence-corrected chi connectivity index (χ3v) is 5.96. The summed E-state index contributed by atoms with van der Waals surface area (Å²) < 4.78 is 2.13. The van der Waals surface area contributed by atoms with E-state index < -0.39 is 0 Å². The van der Waals surface area contributed by atoms with E-state index in [1.54, 1.807) is 0 Å². The predicted molar refractivity (Wildman–Crippen MR) is 109 cm³/mol. The summed E-state index contributed by atoms with van der Waals surface area (Å²) in [6.07, 6.45) is 5.65. The minimum absolute atomic E-state index is 0.0396. The number of rotatable bonds is 6. The minimum atomic E-state index is -0.0396. The summed E-state index contributed by atoms with van der Waals surface area (Å²) >= 11 is 0. The van der Waals surface area contributed by atoms with E-state index in [4.69, 9.17) is 5.10 Å². The van der Waals surface area contributed by atoms with Crippen LogP contribution < -0.4 is 5.32 Å². The molecule has 2 aromatic heterocycles. The highest BCUT2D eigenvalue weighted by molar-refractivity contribution is 5.94. The maximum atomic E-state index is 12.6. The molecule has 0 saturated heterocycles. The molecule has 3 heterocycles. The maximum absolute atomic E-state index is 12.6. The Balaban J connectivity index is 1.41. The maximum Gasteiger partial charge on any atom is 0.272 e. The van der Waals surface area contributed by atoms with E-state index in [0.717, 1.165) is 44.1 Å². The highest BCUT2D eigenvalue weighted by Crippen LogP contribution is 2.33. The Morgan fingerprint density at radius 2 is 2.18 bits per heavy atom. The lowest BCUT2D eigenvalue weighted by Gasteiger charge is -2.27. The molecule has 28 heavy (non-hydrogen) atoms. The summed E-state index contributed by atoms with van der Waals surface area (Å²) in [6, 6.07) is 8.43. The average molecular weight is 377 g/mol. The number of amides is 1. The second kappa shape index (κ2) is 7.09. The number of carbonyl (C=O) groups excluding carboxylic acids is 1. The van der Waals surface area contributed by atoms with E-state index in [-0.39, 0.29) is 5.91 Å². The van der Waals surface area contributed by atoms with E-state index in [9.17, 15) is 4.79 Å². The largest absolute Gasteiger partial charge is 0.361 e. The van der Waals surface area contributed by atoms with Crippen LogP contribution in [0.4, 0.5) is 0 Å². The van der Waals surface area contributed by atoms with Gasteiger partial charge in [-0.3, -0.25) is 14.4 Å². The summed E-state index contributed by atoms with van der Waals surface area (Å²) in [7, 11) is 0.